The number of amides is 2. The van der Waals surface area contributed by atoms with E-state index >= 15 is 0 Å². The van der Waals surface area contributed by atoms with Crippen molar-refractivity contribution in [2.24, 2.45) is 0 Å². The number of nitrogens with one attached hydrogen (secondary N) is 2. The molecule has 0 radical (unpaired) electrons. The van der Waals surface area contributed by atoms with Gasteiger partial charge in [-0.1, -0.05) is 17.7 Å². The number of benzene rings is 1. The third kappa shape index (κ3) is 4.16. The summed E-state index contributed by atoms with van der Waals surface area (Å²) in [6, 6.07) is 3.65. The van der Waals surface area contributed by atoms with Gasteiger partial charge in [0.15, 0.2) is 5.13 Å². The molecule has 1 aromatic heterocycles. The summed E-state index contributed by atoms with van der Waals surface area (Å²) in [6.07, 6.45) is 0. The molecule has 2 N–H and O–H groups in total. The van der Waals surface area contributed by atoms with Gasteiger partial charge in [0.25, 0.3) is 0 Å². The number of rotatable bonds is 4. The number of carbonyl (C=O) groups excluding carboxylic acids is 2. The van der Waals surface area contributed by atoms with Crippen LogP contribution in [0.4, 0.5) is 5.13 Å². The Morgan fingerprint density at radius 3 is 2.35 bits per heavy atom. The van der Waals surface area contributed by atoms with Crippen LogP contribution in [0.1, 0.15) is 30.5 Å². The molecule has 1 aromatic carbocycles. The summed E-state index contributed by atoms with van der Waals surface area (Å²) in [5.41, 5.74) is 5.50. The maximum absolute atomic E-state index is 12.0. The average Bonchev–Trinajstić information content (AvgIpc) is 2.84. The molecule has 0 saturated heterocycles. The van der Waals surface area contributed by atoms with E-state index < -0.39 is 6.04 Å². The lowest BCUT2D eigenvalue weighted by Gasteiger charge is -2.11. The van der Waals surface area contributed by atoms with Gasteiger partial charge >= 0.3 is 0 Å². The number of aryl methyl sites for hydroxylation is 3. The van der Waals surface area contributed by atoms with Gasteiger partial charge in [-0.25, -0.2) is 4.98 Å². The Morgan fingerprint density at radius 1 is 1.17 bits per heavy atom. The molecule has 0 aliphatic heterocycles. The van der Waals surface area contributed by atoms with Crippen LogP contribution in [0.2, 0.25) is 0 Å². The minimum atomic E-state index is -0.595. The van der Waals surface area contributed by atoms with Gasteiger partial charge in [-0.3, -0.25) is 9.59 Å². The Bertz CT molecular complexity index is 729. The third-order valence-electron chi connectivity index (χ3n) is 3.48. The van der Waals surface area contributed by atoms with Crippen LogP contribution < -0.4 is 10.6 Å². The summed E-state index contributed by atoms with van der Waals surface area (Å²) in [5.74, 6) is -0.517. The molecule has 2 rings (SSSR count). The molecule has 0 fully saturated rings. The van der Waals surface area contributed by atoms with Gasteiger partial charge in [0, 0.05) is 17.9 Å². The fourth-order valence-electron chi connectivity index (χ4n) is 2.61. The second-order valence-corrected chi connectivity index (χ2v) is 6.58. The largest absolute Gasteiger partial charge is 0.345 e. The van der Waals surface area contributed by atoms with Crippen molar-refractivity contribution in [3.8, 4) is 11.3 Å². The molecule has 6 heteroatoms. The highest BCUT2D eigenvalue weighted by Crippen LogP contribution is 2.31. The van der Waals surface area contributed by atoms with E-state index in [1.165, 1.54) is 23.8 Å². The fraction of sp³-hybridized carbons (Fsp3) is 0.353. The van der Waals surface area contributed by atoms with Crippen molar-refractivity contribution in [3.63, 3.8) is 0 Å². The van der Waals surface area contributed by atoms with Crippen LogP contribution in [0.5, 0.6) is 0 Å². The molecular formula is C17H21N3O2S. The first kappa shape index (κ1) is 17.1. The fourth-order valence-corrected chi connectivity index (χ4v) is 3.32. The molecule has 0 saturated carbocycles. The summed E-state index contributed by atoms with van der Waals surface area (Å²) in [7, 11) is 0. The second kappa shape index (κ2) is 6.91. The maximum atomic E-state index is 12.0. The quantitative estimate of drug-likeness (QED) is 0.904. The predicted octanol–water partition coefficient (Wildman–Crippen LogP) is 3.20. The van der Waals surface area contributed by atoms with Gasteiger partial charge in [0.05, 0.1) is 5.69 Å². The number of hydrogen-bond donors (Lipinski definition) is 2. The van der Waals surface area contributed by atoms with Crippen LogP contribution in [0.25, 0.3) is 11.3 Å². The van der Waals surface area contributed by atoms with Crippen molar-refractivity contribution >= 4 is 28.3 Å². The lowest BCUT2D eigenvalue weighted by atomic mass is 9.98. The minimum absolute atomic E-state index is 0.238. The van der Waals surface area contributed by atoms with Crippen molar-refractivity contribution in [2.75, 3.05) is 5.32 Å². The van der Waals surface area contributed by atoms with E-state index in [2.05, 4.69) is 48.5 Å². The van der Waals surface area contributed by atoms with Crippen LogP contribution in [-0.2, 0) is 9.59 Å². The second-order valence-electron chi connectivity index (χ2n) is 5.72. The van der Waals surface area contributed by atoms with E-state index in [-0.39, 0.29) is 11.8 Å². The summed E-state index contributed by atoms with van der Waals surface area (Å²) >= 11 is 1.37. The molecule has 0 spiro atoms. The van der Waals surface area contributed by atoms with Gasteiger partial charge in [0.2, 0.25) is 11.8 Å². The lowest BCUT2D eigenvalue weighted by molar-refractivity contribution is -0.124. The normalized spacial score (nSPS) is 11.9. The minimum Gasteiger partial charge on any atom is -0.345 e. The Kier molecular flexibility index (Phi) is 5.15. The Balaban J connectivity index is 2.19. The monoisotopic (exact) mass is 331 g/mol. The molecule has 23 heavy (non-hydrogen) atoms. The topological polar surface area (TPSA) is 71.1 Å². The SMILES string of the molecule is CC(=O)NC(C)C(=O)Nc1nc(-c2c(C)cc(C)cc2C)cs1. The van der Waals surface area contributed by atoms with Gasteiger partial charge in [-0.05, 0) is 38.8 Å². The van der Waals surface area contributed by atoms with Crippen LogP contribution in [-0.4, -0.2) is 22.8 Å². The molecule has 1 heterocycles. The highest BCUT2D eigenvalue weighted by atomic mass is 32.1. The van der Waals surface area contributed by atoms with E-state index in [4.69, 9.17) is 0 Å². The molecule has 122 valence electrons. The van der Waals surface area contributed by atoms with Gasteiger partial charge in [-0.2, -0.15) is 0 Å². The number of aromatic nitrogens is 1. The zero-order chi connectivity index (χ0) is 17.1. The smallest absolute Gasteiger partial charge is 0.248 e. The number of thiazole rings is 1. The molecule has 0 aliphatic carbocycles. The zero-order valence-electron chi connectivity index (χ0n) is 14.0. The Morgan fingerprint density at radius 2 is 1.78 bits per heavy atom. The van der Waals surface area contributed by atoms with Crippen molar-refractivity contribution in [2.45, 2.75) is 40.7 Å². The van der Waals surface area contributed by atoms with Crippen molar-refractivity contribution in [1.82, 2.24) is 10.3 Å². The Hall–Kier alpha value is -2.21. The first-order chi connectivity index (χ1) is 10.8. The lowest BCUT2D eigenvalue weighted by Crippen LogP contribution is -2.40. The number of carbonyl (C=O) groups is 2. The number of anilines is 1. The van der Waals surface area contributed by atoms with E-state index in [0.717, 1.165) is 22.4 Å². The molecule has 0 bridgehead atoms. The Labute approximate surface area is 140 Å². The van der Waals surface area contributed by atoms with Gasteiger partial charge in [-0.15, -0.1) is 11.3 Å². The first-order valence-electron chi connectivity index (χ1n) is 7.39. The number of nitrogens with zero attached hydrogens (tertiary/aromatic N) is 1. The standard InChI is InChI=1S/C17H21N3O2S/c1-9-6-10(2)15(11(3)7-9)14-8-23-17(19-14)20-16(22)12(4)18-13(5)21/h6-8,12H,1-5H3,(H,18,21)(H,19,20,22). The third-order valence-corrected chi connectivity index (χ3v) is 4.24. The summed E-state index contributed by atoms with van der Waals surface area (Å²) in [6.45, 7) is 9.21. The number of hydrogen-bond acceptors (Lipinski definition) is 4. The van der Waals surface area contributed by atoms with Gasteiger partial charge < -0.3 is 10.6 Å². The maximum Gasteiger partial charge on any atom is 0.248 e. The van der Waals surface area contributed by atoms with Crippen LogP contribution in [0.3, 0.4) is 0 Å². The van der Waals surface area contributed by atoms with E-state index in [9.17, 15) is 9.59 Å². The van der Waals surface area contributed by atoms with Crippen molar-refractivity contribution in [1.29, 1.82) is 0 Å². The van der Waals surface area contributed by atoms with Crippen LogP contribution >= 0.6 is 11.3 Å². The molecule has 2 amide bonds. The van der Waals surface area contributed by atoms with Gasteiger partial charge in [0.1, 0.15) is 6.04 Å². The zero-order valence-corrected chi connectivity index (χ0v) is 14.8. The molecular weight excluding hydrogens is 310 g/mol. The highest BCUT2D eigenvalue weighted by molar-refractivity contribution is 7.14. The average molecular weight is 331 g/mol. The summed E-state index contributed by atoms with van der Waals surface area (Å²) in [5, 5.41) is 7.76. The molecule has 2 aromatic rings. The highest BCUT2D eigenvalue weighted by Gasteiger charge is 2.16. The van der Waals surface area contributed by atoms with E-state index in [1.807, 2.05) is 5.38 Å². The van der Waals surface area contributed by atoms with E-state index in [1.54, 1.807) is 6.92 Å². The first-order valence-corrected chi connectivity index (χ1v) is 8.27. The predicted molar refractivity (Wildman–Crippen MR) is 93.7 cm³/mol. The van der Waals surface area contributed by atoms with Crippen molar-refractivity contribution < 1.29 is 9.59 Å². The molecule has 1 atom stereocenters. The van der Waals surface area contributed by atoms with Crippen LogP contribution in [0, 0.1) is 20.8 Å². The molecule has 1 unspecified atom stereocenters. The molecule has 5 nitrogen and oxygen atoms in total. The summed E-state index contributed by atoms with van der Waals surface area (Å²) in [4.78, 5) is 27.5. The van der Waals surface area contributed by atoms with E-state index in [0.29, 0.717) is 5.13 Å². The summed E-state index contributed by atoms with van der Waals surface area (Å²) < 4.78 is 0. The molecule has 0 aliphatic rings. The van der Waals surface area contributed by atoms with Crippen LogP contribution in [0.15, 0.2) is 17.5 Å². The van der Waals surface area contributed by atoms with Crippen molar-refractivity contribution in [3.05, 3.63) is 34.2 Å².